The number of hydrogen-bond donors (Lipinski definition) is 1. The lowest BCUT2D eigenvalue weighted by molar-refractivity contribution is -0.384. The lowest BCUT2D eigenvalue weighted by atomic mass is 10.1. The van der Waals surface area contributed by atoms with E-state index in [1.165, 1.54) is 35.4 Å². The number of carbonyl (C=O) groups is 1. The SMILES string of the molecule is Cc1cccc([N+](=O)[O-])c1NC(=O)Cn1c(Br)nc2c(=O)n(C)c(=O)n(C)c21. The van der Waals surface area contributed by atoms with Gasteiger partial charge in [-0.3, -0.25) is 33.4 Å². The van der Waals surface area contributed by atoms with Crippen LogP contribution in [0.15, 0.2) is 32.5 Å². The molecule has 0 aliphatic carbocycles. The predicted molar refractivity (Wildman–Crippen MR) is 104 cm³/mol. The summed E-state index contributed by atoms with van der Waals surface area (Å²) in [6, 6.07) is 4.45. The molecule has 11 nitrogen and oxygen atoms in total. The van der Waals surface area contributed by atoms with Crippen molar-refractivity contribution in [3.05, 3.63) is 59.4 Å². The van der Waals surface area contributed by atoms with Gasteiger partial charge in [-0.05, 0) is 28.4 Å². The third-order valence-corrected chi connectivity index (χ3v) is 4.91. The number of nitrogens with zero attached hydrogens (tertiary/aromatic N) is 5. The quantitative estimate of drug-likeness (QED) is 0.358. The molecule has 0 bridgehead atoms. The smallest absolute Gasteiger partial charge is 0.319 e. The maximum Gasteiger partial charge on any atom is 0.332 e. The topological polar surface area (TPSA) is 134 Å². The van der Waals surface area contributed by atoms with Crippen LogP contribution < -0.4 is 16.6 Å². The largest absolute Gasteiger partial charge is 0.332 e. The molecule has 0 atom stereocenters. The van der Waals surface area contributed by atoms with Gasteiger partial charge >= 0.3 is 5.69 Å². The summed E-state index contributed by atoms with van der Waals surface area (Å²) in [6.45, 7) is 1.32. The lowest BCUT2D eigenvalue weighted by Crippen LogP contribution is -2.37. The summed E-state index contributed by atoms with van der Waals surface area (Å²) in [5.74, 6) is -0.578. The minimum Gasteiger partial charge on any atom is -0.319 e. The van der Waals surface area contributed by atoms with Gasteiger partial charge in [0.1, 0.15) is 12.2 Å². The van der Waals surface area contributed by atoms with Gasteiger partial charge < -0.3 is 5.32 Å². The average molecular weight is 451 g/mol. The summed E-state index contributed by atoms with van der Waals surface area (Å²) < 4.78 is 3.65. The van der Waals surface area contributed by atoms with Crippen LogP contribution in [0.2, 0.25) is 0 Å². The molecule has 0 aliphatic heterocycles. The molecule has 28 heavy (non-hydrogen) atoms. The molecule has 12 heteroatoms. The van der Waals surface area contributed by atoms with Crippen molar-refractivity contribution in [3.8, 4) is 0 Å². The second-order valence-corrected chi connectivity index (χ2v) is 6.83. The Bertz CT molecular complexity index is 1260. The Kier molecular flexibility index (Phi) is 4.89. The highest BCUT2D eigenvalue weighted by Gasteiger charge is 2.22. The molecule has 3 aromatic rings. The number of benzene rings is 1. The number of fused-ring (bicyclic) bond motifs is 1. The van der Waals surface area contributed by atoms with Gasteiger partial charge in [0, 0.05) is 20.2 Å². The second-order valence-electron chi connectivity index (χ2n) is 6.12. The Labute approximate surface area is 165 Å². The molecular formula is C16H15BrN6O5. The predicted octanol–water partition coefficient (Wildman–Crippen LogP) is 1.05. The summed E-state index contributed by atoms with van der Waals surface area (Å²) in [4.78, 5) is 51.8. The average Bonchev–Trinajstić information content (AvgIpc) is 2.96. The highest BCUT2D eigenvalue weighted by atomic mass is 79.9. The van der Waals surface area contributed by atoms with Crippen molar-refractivity contribution in [3.63, 3.8) is 0 Å². The first kappa shape index (κ1) is 19.5. The molecule has 1 aromatic carbocycles. The number of anilines is 1. The minimum atomic E-state index is -0.590. The van der Waals surface area contributed by atoms with Crippen LogP contribution in [0.5, 0.6) is 0 Å². The van der Waals surface area contributed by atoms with Crippen molar-refractivity contribution in [2.75, 3.05) is 5.32 Å². The van der Waals surface area contributed by atoms with Crippen molar-refractivity contribution in [1.29, 1.82) is 0 Å². The van der Waals surface area contributed by atoms with Gasteiger partial charge in [-0.15, -0.1) is 0 Å². The molecule has 0 saturated carbocycles. The van der Waals surface area contributed by atoms with E-state index in [1.807, 2.05) is 0 Å². The van der Waals surface area contributed by atoms with Crippen LogP contribution in [0, 0.1) is 17.0 Å². The Morgan fingerprint density at radius 2 is 1.96 bits per heavy atom. The van der Waals surface area contributed by atoms with Crippen molar-refractivity contribution in [1.82, 2.24) is 18.7 Å². The fourth-order valence-electron chi connectivity index (χ4n) is 2.89. The Morgan fingerprint density at radius 1 is 1.29 bits per heavy atom. The number of nitrogens with one attached hydrogen (secondary N) is 1. The van der Waals surface area contributed by atoms with Crippen LogP contribution in [0.1, 0.15) is 5.56 Å². The number of halogens is 1. The van der Waals surface area contributed by atoms with E-state index in [9.17, 15) is 24.5 Å². The van der Waals surface area contributed by atoms with E-state index in [4.69, 9.17) is 0 Å². The molecule has 0 aliphatic rings. The molecule has 0 fully saturated rings. The fourth-order valence-corrected chi connectivity index (χ4v) is 3.36. The molecule has 146 valence electrons. The first-order chi connectivity index (χ1) is 13.1. The molecule has 3 rings (SSSR count). The summed E-state index contributed by atoms with van der Waals surface area (Å²) in [5.41, 5.74) is -0.598. The summed E-state index contributed by atoms with van der Waals surface area (Å²) >= 11 is 3.19. The molecule has 0 spiro atoms. The molecule has 0 radical (unpaired) electrons. The first-order valence-electron chi connectivity index (χ1n) is 7.99. The lowest BCUT2D eigenvalue weighted by Gasteiger charge is -2.11. The molecule has 0 unspecified atom stereocenters. The second kappa shape index (κ2) is 7.03. The zero-order chi connectivity index (χ0) is 20.7. The Balaban J connectivity index is 2.05. The zero-order valence-corrected chi connectivity index (χ0v) is 16.7. The molecule has 2 heterocycles. The van der Waals surface area contributed by atoms with E-state index in [1.54, 1.807) is 13.0 Å². The van der Waals surface area contributed by atoms with E-state index in [2.05, 4.69) is 26.2 Å². The Hall–Kier alpha value is -3.28. The highest BCUT2D eigenvalue weighted by molar-refractivity contribution is 9.10. The number of nitro groups is 1. The number of aromatic nitrogens is 4. The minimum absolute atomic E-state index is 0.0196. The van der Waals surface area contributed by atoms with E-state index in [-0.39, 0.29) is 33.8 Å². The highest BCUT2D eigenvalue weighted by Crippen LogP contribution is 2.27. The molecule has 1 amide bonds. The number of rotatable bonds is 4. The van der Waals surface area contributed by atoms with Crippen molar-refractivity contribution >= 4 is 44.4 Å². The van der Waals surface area contributed by atoms with Gasteiger partial charge in [0.15, 0.2) is 15.9 Å². The van der Waals surface area contributed by atoms with Crippen LogP contribution in [0.4, 0.5) is 11.4 Å². The van der Waals surface area contributed by atoms with E-state index in [0.29, 0.717) is 5.56 Å². The number of para-hydroxylation sites is 1. The van der Waals surface area contributed by atoms with Crippen LogP contribution in [-0.2, 0) is 25.4 Å². The van der Waals surface area contributed by atoms with Gasteiger partial charge in [-0.2, -0.15) is 0 Å². The third kappa shape index (κ3) is 3.11. The van der Waals surface area contributed by atoms with Crippen molar-refractivity contribution in [2.24, 2.45) is 14.1 Å². The van der Waals surface area contributed by atoms with Crippen LogP contribution >= 0.6 is 15.9 Å². The monoisotopic (exact) mass is 450 g/mol. The Morgan fingerprint density at radius 3 is 2.61 bits per heavy atom. The maximum absolute atomic E-state index is 12.6. The fraction of sp³-hybridized carbons (Fsp3) is 0.250. The molecule has 2 aromatic heterocycles. The van der Waals surface area contributed by atoms with Gasteiger partial charge in [-0.1, -0.05) is 12.1 Å². The standard InChI is InChI=1S/C16H15BrN6O5/c1-8-5-4-6-9(23(27)28)11(8)18-10(24)7-22-13-12(19-15(22)17)14(25)21(3)16(26)20(13)2/h4-6H,7H2,1-3H3,(H,18,24). The molecule has 0 saturated heterocycles. The first-order valence-corrected chi connectivity index (χ1v) is 8.78. The van der Waals surface area contributed by atoms with Crippen molar-refractivity contribution < 1.29 is 9.72 Å². The summed E-state index contributed by atoms with van der Waals surface area (Å²) in [6.07, 6.45) is 0. The maximum atomic E-state index is 12.6. The van der Waals surface area contributed by atoms with Crippen LogP contribution in [0.3, 0.4) is 0 Å². The number of hydrogen-bond acceptors (Lipinski definition) is 6. The number of aryl methyl sites for hydroxylation is 2. The van der Waals surface area contributed by atoms with Gasteiger partial charge in [0.25, 0.3) is 11.2 Å². The van der Waals surface area contributed by atoms with Crippen LogP contribution in [0.25, 0.3) is 11.2 Å². The molecule has 1 N–H and O–H groups in total. The van der Waals surface area contributed by atoms with Gasteiger partial charge in [-0.25, -0.2) is 9.78 Å². The van der Waals surface area contributed by atoms with E-state index < -0.39 is 22.1 Å². The summed E-state index contributed by atoms with van der Waals surface area (Å²) in [5, 5.41) is 13.7. The zero-order valence-electron chi connectivity index (χ0n) is 15.1. The normalized spacial score (nSPS) is 11.0. The van der Waals surface area contributed by atoms with Crippen LogP contribution in [-0.4, -0.2) is 29.5 Å². The van der Waals surface area contributed by atoms with Crippen molar-refractivity contribution in [2.45, 2.75) is 13.5 Å². The van der Waals surface area contributed by atoms with E-state index >= 15 is 0 Å². The third-order valence-electron chi connectivity index (χ3n) is 4.31. The van der Waals surface area contributed by atoms with Gasteiger partial charge in [0.05, 0.1) is 4.92 Å². The molecular weight excluding hydrogens is 436 g/mol. The number of imidazole rings is 1. The number of amides is 1. The van der Waals surface area contributed by atoms with E-state index in [0.717, 1.165) is 4.57 Å². The number of nitro benzene ring substituents is 1. The van der Waals surface area contributed by atoms with Gasteiger partial charge in [0.2, 0.25) is 5.91 Å². The number of carbonyl (C=O) groups excluding carboxylic acids is 1. The summed E-state index contributed by atoms with van der Waals surface area (Å²) in [7, 11) is 2.79.